The van der Waals surface area contributed by atoms with E-state index in [2.05, 4.69) is 10.00 Å². The van der Waals surface area contributed by atoms with Crippen LogP contribution in [-0.2, 0) is 11.3 Å². The van der Waals surface area contributed by atoms with Gasteiger partial charge in [0.25, 0.3) is 11.5 Å². The molecule has 0 unspecified atom stereocenters. The van der Waals surface area contributed by atoms with Gasteiger partial charge >= 0.3 is 0 Å². The van der Waals surface area contributed by atoms with E-state index in [1.54, 1.807) is 4.90 Å². The van der Waals surface area contributed by atoms with Crippen molar-refractivity contribution in [3.8, 4) is 0 Å². The van der Waals surface area contributed by atoms with Crippen LogP contribution >= 0.6 is 0 Å². The Morgan fingerprint density at radius 1 is 1.08 bits per heavy atom. The number of piperazine rings is 1. The van der Waals surface area contributed by atoms with E-state index in [4.69, 9.17) is 0 Å². The zero-order chi connectivity index (χ0) is 19.1. The molecular weight excluding hydrogens is 334 g/mol. The largest absolute Gasteiger partial charge is 0.342 e. The summed E-state index contributed by atoms with van der Waals surface area (Å²) in [4.78, 5) is 42.2. The fourth-order valence-corrected chi connectivity index (χ4v) is 3.07. The quantitative estimate of drug-likeness (QED) is 0.695. The number of carbonyl (C=O) groups excluding carboxylic acids is 2. The summed E-state index contributed by atoms with van der Waals surface area (Å²) in [5, 5.41) is 4.19. The summed E-state index contributed by atoms with van der Waals surface area (Å²) in [5.74, 6) is -0.0346. The predicted octanol–water partition coefficient (Wildman–Crippen LogP) is 0.280. The average molecular weight is 363 g/mol. The maximum Gasteiger partial charge on any atom is 0.274 e. The lowest BCUT2D eigenvalue weighted by Gasteiger charge is -2.35. The van der Waals surface area contributed by atoms with Gasteiger partial charge in [-0.15, -0.1) is 0 Å². The molecule has 26 heavy (non-hydrogen) atoms. The van der Waals surface area contributed by atoms with Gasteiger partial charge in [0.1, 0.15) is 5.69 Å². The molecule has 1 aliphatic heterocycles. The van der Waals surface area contributed by atoms with Gasteiger partial charge < -0.3 is 9.80 Å². The second kappa shape index (κ2) is 9.47. The van der Waals surface area contributed by atoms with Crippen molar-refractivity contribution in [3.05, 3.63) is 28.2 Å². The van der Waals surface area contributed by atoms with Crippen molar-refractivity contribution < 1.29 is 9.59 Å². The van der Waals surface area contributed by atoms with Crippen LogP contribution in [0.2, 0.25) is 0 Å². The van der Waals surface area contributed by atoms with Crippen LogP contribution in [0.4, 0.5) is 0 Å². The minimum absolute atomic E-state index is 0.128. The number of hydrogen-bond acceptors (Lipinski definition) is 5. The second-order valence-corrected chi connectivity index (χ2v) is 6.41. The Hall–Kier alpha value is -2.22. The third-order valence-corrected chi connectivity index (χ3v) is 4.66. The first-order valence-corrected chi connectivity index (χ1v) is 9.37. The maximum absolute atomic E-state index is 12.7. The molecular formula is C18H29N5O3. The van der Waals surface area contributed by atoms with Gasteiger partial charge in [0.05, 0.1) is 6.54 Å². The lowest BCUT2D eigenvalue weighted by atomic mass is 10.2. The Labute approximate surface area is 154 Å². The molecule has 2 rings (SSSR count). The Balaban J connectivity index is 1.93. The molecule has 1 aliphatic rings. The van der Waals surface area contributed by atoms with Crippen molar-refractivity contribution in [2.45, 2.75) is 33.7 Å². The summed E-state index contributed by atoms with van der Waals surface area (Å²) in [7, 11) is 0. The molecule has 0 aromatic carbocycles. The Morgan fingerprint density at radius 2 is 1.73 bits per heavy atom. The second-order valence-electron chi connectivity index (χ2n) is 6.41. The molecule has 0 atom stereocenters. The molecule has 0 bridgehead atoms. The fraction of sp³-hybridized carbons (Fsp3) is 0.667. The summed E-state index contributed by atoms with van der Waals surface area (Å²) in [6, 6.07) is 2.89. The van der Waals surface area contributed by atoms with Crippen LogP contribution in [0, 0.1) is 0 Å². The fourth-order valence-electron chi connectivity index (χ4n) is 3.07. The monoisotopic (exact) mass is 363 g/mol. The molecule has 1 aromatic rings. The van der Waals surface area contributed by atoms with E-state index in [1.807, 2.05) is 25.7 Å². The van der Waals surface area contributed by atoms with Crippen LogP contribution in [0.15, 0.2) is 16.9 Å². The standard InChI is InChI=1S/C18H29N5O3/c1-4-9-23-16(24)8-7-15(19-23)18(26)22-12-10-20(11-13-22)14-17(25)21(5-2)6-3/h7-8H,4-6,9-14H2,1-3H3. The van der Waals surface area contributed by atoms with E-state index < -0.39 is 0 Å². The molecule has 1 aromatic heterocycles. The molecule has 0 radical (unpaired) electrons. The van der Waals surface area contributed by atoms with Gasteiger partial charge in [-0.2, -0.15) is 5.10 Å². The van der Waals surface area contributed by atoms with Crippen molar-refractivity contribution in [1.29, 1.82) is 0 Å². The highest BCUT2D eigenvalue weighted by Gasteiger charge is 2.25. The first-order chi connectivity index (χ1) is 12.5. The van der Waals surface area contributed by atoms with Crippen molar-refractivity contribution >= 4 is 11.8 Å². The number of aromatic nitrogens is 2. The smallest absolute Gasteiger partial charge is 0.274 e. The van der Waals surface area contributed by atoms with Crippen LogP contribution in [0.5, 0.6) is 0 Å². The van der Waals surface area contributed by atoms with Crippen LogP contribution < -0.4 is 5.56 Å². The van der Waals surface area contributed by atoms with Crippen LogP contribution in [0.25, 0.3) is 0 Å². The lowest BCUT2D eigenvalue weighted by Crippen LogP contribution is -2.51. The summed E-state index contributed by atoms with van der Waals surface area (Å²) in [6.45, 7) is 10.7. The lowest BCUT2D eigenvalue weighted by molar-refractivity contribution is -0.132. The minimum atomic E-state index is -0.192. The molecule has 144 valence electrons. The Bertz CT molecular complexity index is 676. The van der Waals surface area contributed by atoms with E-state index in [0.29, 0.717) is 58.1 Å². The van der Waals surface area contributed by atoms with Crippen LogP contribution in [-0.4, -0.2) is 82.1 Å². The van der Waals surface area contributed by atoms with Crippen molar-refractivity contribution in [3.63, 3.8) is 0 Å². The zero-order valence-electron chi connectivity index (χ0n) is 16.0. The van der Waals surface area contributed by atoms with Gasteiger partial charge in [0.15, 0.2) is 0 Å². The minimum Gasteiger partial charge on any atom is -0.342 e. The van der Waals surface area contributed by atoms with E-state index in [9.17, 15) is 14.4 Å². The molecule has 0 saturated carbocycles. The number of carbonyl (C=O) groups is 2. The summed E-state index contributed by atoms with van der Waals surface area (Å²) >= 11 is 0. The number of nitrogens with zero attached hydrogens (tertiary/aromatic N) is 5. The molecule has 1 fully saturated rings. The van der Waals surface area contributed by atoms with Gasteiger partial charge in [-0.25, -0.2) is 4.68 Å². The molecule has 2 amide bonds. The zero-order valence-corrected chi connectivity index (χ0v) is 16.0. The van der Waals surface area contributed by atoms with Crippen molar-refractivity contribution in [2.75, 3.05) is 45.8 Å². The maximum atomic E-state index is 12.7. The SMILES string of the molecule is CCCn1nc(C(=O)N2CCN(CC(=O)N(CC)CC)CC2)ccc1=O. The molecule has 0 aliphatic carbocycles. The molecule has 2 heterocycles. The predicted molar refractivity (Wildman–Crippen MR) is 99.1 cm³/mol. The van der Waals surface area contributed by atoms with Crippen molar-refractivity contribution in [2.24, 2.45) is 0 Å². The van der Waals surface area contributed by atoms with Gasteiger partial charge in [-0.05, 0) is 26.3 Å². The van der Waals surface area contributed by atoms with E-state index in [0.717, 1.165) is 6.42 Å². The first kappa shape index (κ1) is 20.1. The van der Waals surface area contributed by atoms with E-state index >= 15 is 0 Å². The van der Waals surface area contributed by atoms with Crippen molar-refractivity contribution in [1.82, 2.24) is 24.5 Å². The highest BCUT2D eigenvalue weighted by molar-refractivity contribution is 5.92. The molecule has 8 heteroatoms. The topological polar surface area (TPSA) is 78.8 Å². The van der Waals surface area contributed by atoms with Gasteiger partial charge in [-0.1, -0.05) is 6.92 Å². The number of amides is 2. The molecule has 1 saturated heterocycles. The highest BCUT2D eigenvalue weighted by atomic mass is 16.2. The van der Waals surface area contributed by atoms with Gasteiger partial charge in [0.2, 0.25) is 5.91 Å². The number of rotatable bonds is 7. The first-order valence-electron chi connectivity index (χ1n) is 9.37. The molecule has 0 spiro atoms. The average Bonchev–Trinajstić information content (AvgIpc) is 2.65. The third kappa shape index (κ3) is 4.91. The third-order valence-electron chi connectivity index (χ3n) is 4.66. The Morgan fingerprint density at radius 3 is 2.31 bits per heavy atom. The van der Waals surface area contributed by atoms with Crippen LogP contribution in [0.1, 0.15) is 37.7 Å². The number of aryl methyl sites for hydroxylation is 1. The van der Waals surface area contributed by atoms with E-state index in [1.165, 1.54) is 16.8 Å². The van der Waals surface area contributed by atoms with Crippen LogP contribution in [0.3, 0.4) is 0 Å². The molecule has 0 N–H and O–H groups in total. The summed E-state index contributed by atoms with van der Waals surface area (Å²) in [5.41, 5.74) is 0.105. The van der Waals surface area contributed by atoms with Gasteiger partial charge in [0, 0.05) is 51.9 Å². The normalized spacial score (nSPS) is 15.1. The highest BCUT2D eigenvalue weighted by Crippen LogP contribution is 2.07. The van der Waals surface area contributed by atoms with E-state index in [-0.39, 0.29) is 17.4 Å². The van der Waals surface area contributed by atoms with Gasteiger partial charge in [-0.3, -0.25) is 19.3 Å². The molecule has 8 nitrogen and oxygen atoms in total. The Kier molecular flexibility index (Phi) is 7.32. The number of hydrogen-bond donors (Lipinski definition) is 0. The summed E-state index contributed by atoms with van der Waals surface area (Å²) < 4.78 is 1.34. The number of likely N-dealkylation sites (N-methyl/N-ethyl adjacent to an activating group) is 1. The summed E-state index contributed by atoms with van der Waals surface area (Å²) in [6.07, 6.45) is 0.782.